The first-order valence-corrected chi connectivity index (χ1v) is 6.93. The highest BCUT2D eigenvalue weighted by atomic mass is 19.4. The van der Waals surface area contributed by atoms with Crippen molar-refractivity contribution in [1.29, 1.82) is 0 Å². The van der Waals surface area contributed by atoms with Gasteiger partial charge in [-0.25, -0.2) is 0 Å². The van der Waals surface area contributed by atoms with Crippen molar-refractivity contribution < 1.29 is 23.1 Å². The SMILES string of the molecule is CC(c1cccc(C(F)(F)F)c1)N1CCC(C(=O)O)CC1. The number of benzene rings is 1. The van der Waals surface area contributed by atoms with Crippen molar-refractivity contribution in [1.82, 2.24) is 4.90 Å². The number of hydrogen-bond acceptors (Lipinski definition) is 2. The highest BCUT2D eigenvalue weighted by Gasteiger charge is 2.32. The summed E-state index contributed by atoms with van der Waals surface area (Å²) in [4.78, 5) is 12.9. The van der Waals surface area contributed by atoms with Crippen molar-refractivity contribution in [2.45, 2.75) is 32.0 Å². The third-order valence-electron chi connectivity index (χ3n) is 4.12. The predicted molar refractivity (Wildman–Crippen MR) is 71.8 cm³/mol. The lowest BCUT2D eigenvalue weighted by Crippen LogP contribution is -2.37. The van der Waals surface area contributed by atoms with Gasteiger partial charge in [0, 0.05) is 6.04 Å². The number of likely N-dealkylation sites (tertiary alicyclic amines) is 1. The second-order valence-corrected chi connectivity index (χ2v) is 5.45. The molecule has 1 fully saturated rings. The van der Waals surface area contributed by atoms with Crippen LogP contribution in [0.5, 0.6) is 0 Å². The molecule has 1 heterocycles. The van der Waals surface area contributed by atoms with Crippen molar-refractivity contribution in [2.24, 2.45) is 5.92 Å². The Hall–Kier alpha value is -1.56. The van der Waals surface area contributed by atoms with Gasteiger partial charge in [0.05, 0.1) is 11.5 Å². The van der Waals surface area contributed by atoms with Gasteiger partial charge in [-0.15, -0.1) is 0 Å². The summed E-state index contributed by atoms with van der Waals surface area (Å²) in [5.41, 5.74) is -0.0362. The Morgan fingerprint density at radius 1 is 1.33 bits per heavy atom. The van der Waals surface area contributed by atoms with Gasteiger partial charge in [-0.05, 0) is 50.6 Å². The molecule has 0 saturated carbocycles. The third kappa shape index (κ3) is 3.75. The lowest BCUT2D eigenvalue weighted by molar-refractivity contribution is -0.143. The van der Waals surface area contributed by atoms with Crippen LogP contribution in [0.25, 0.3) is 0 Å². The number of aliphatic carboxylic acids is 1. The van der Waals surface area contributed by atoms with Crippen LogP contribution >= 0.6 is 0 Å². The van der Waals surface area contributed by atoms with Crippen molar-refractivity contribution in [3.63, 3.8) is 0 Å². The summed E-state index contributed by atoms with van der Waals surface area (Å²) >= 11 is 0. The minimum Gasteiger partial charge on any atom is -0.481 e. The van der Waals surface area contributed by atoms with E-state index in [1.807, 2.05) is 11.8 Å². The van der Waals surface area contributed by atoms with Gasteiger partial charge in [0.15, 0.2) is 0 Å². The van der Waals surface area contributed by atoms with E-state index in [1.54, 1.807) is 6.07 Å². The molecule has 0 radical (unpaired) electrons. The van der Waals surface area contributed by atoms with Crippen LogP contribution in [0.4, 0.5) is 13.2 Å². The highest BCUT2D eigenvalue weighted by molar-refractivity contribution is 5.70. The molecular formula is C15H18F3NO2. The van der Waals surface area contributed by atoms with E-state index in [9.17, 15) is 18.0 Å². The van der Waals surface area contributed by atoms with Crippen molar-refractivity contribution >= 4 is 5.97 Å². The smallest absolute Gasteiger partial charge is 0.416 e. The number of piperidine rings is 1. The maximum absolute atomic E-state index is 12.7. The quantitative estimate of drug-likeness (QED) is 0.928. The number of carboxylic acid groups (broad SMARTS) is 1. The Morgan fingerprint density at radius 2 is 1.95 bits per heavy atom. The number of carboxylic acids is 1. The van der Waals surface area contributed by atoms with Crippen molar-refractivity contribution in [3.05, 3.63) is 35.4 Å². The van der Waals surface area contributed by atoms with Gasteiger partial charge in [0.1, 0.15) is 0 Å². The Morgan fingerprint density at radius 3 is 2.48 bits per heavy atom. The van der Waals surface area contributed by atoms with Crippen LogP contribution in [0.3, 0.4) is 0 Å². The normalized spacial score (nSPS) is 19.4. The molecule has 1 unspecified atom stereocenters. The van der Waals surface area contributed by atoms with Gasteiger partial charge >= 0.3 is 12.1 Å². The van der Waals surface area contributed by atoms with E-state index in [1.165, 1.54) is 12.1 Å². The Labute approximate surface area is 121 Å². The topological polar surface area (TPSA) is 40.5 Å². The lowest BCUT2D eigenvalue weighted by Gasteiger charge is -2.35. The number of halogens is 3. The molecule has 0 spiro atoms. The molecule has 21 heavy (non-hydrogen) atoms. The summed E-state index contributed by atoms with van der Waals surface area (Å²) in [6, 6.07) is 5.19. The molecule has 116 valence electrons. The Balaban J connectivity index is 2.07. The van der Waals surface area contributed by atoms with Crippen LogP contribution in [-0.4, -0.2) is 29.1 Å². The molecular weight excluding hydrogens is 283 g/mol. The van der Waals surface area contributed by atoms with E-state index < -0.39 is 17.7 Å². The van der Waals surface area contributed by atoms with Crippen molar-refractivity contribution in [3.8, 4) is 0 Å². The fourth-order valence-electron chi connectivity index (χ4n) is 2.72. The first kappa shape index (κ1) is 15.8. The van der Waals surface area contributed by atoms with Gasteiger partial charge in [-0.3, -0.25) is 9.69 Å². The van der Waals surface area contributed by atoms with E-state index in [4.69, 9.17) is 5.11 Å². The van der Waals surface area contributed by atoms with E-state index in [-0.39, 0.29) is 12.0 Å². The predicted octanol–water partition coefficient (Wildman–Crippen LogP) is 3.56. The Kier molecular flexibility index (Phi) is 4.56. The summed E-state index contributed by atoms with van der Waals surface area (Å²) < 4.78 is 38.2. The average Bonchev–Trinajstić information content (AvgIpc) is 2.46. The molecule has 6 heteroatoms. The first-order valence-electron chi connectivity index (χ1n) is 6.93. The van der Waals surface area contributed by atoms with Crippen LogP contribution in [0, 0.1) is 5.92 Å². The minimum atomic E-state index is -4.34. The summed E-state index contributed by atoms with van der Waals surface area (Å²) in [5, 5.41) is 8.96. The number of carbonyl (C=O) groups is 1. The minimum absolute atomic E-state index is 0.151. The standard InChI is InChI=1S/C15H18F3NO2/c1-10(19-7-5-11(6-8-19)14(20)21)12-3-2-4-13(9-12)15(16,17)18/h2-4,9-11H,5-8H2,1H3,(H,20,21). The average molecular weight is 301 g/mol. The third-order valence-corrected chi connectivity index (χ3v) is 4.12. The van der Waals surface area contributed by atoms with E-state index in [2.05, 4.69) is 0 Å². The summed E-state index contributed by atoms with van der Waals surface area (Å²) in [6.45, 7) is 3.04. The molecule has 1 N–H and O–H groups in total. The molecule has 3 nitrogen and oxygen atoms in total. The molecule has 0 aliphatic carbocycles. The molecule has 0 aromatic heterocycles. The first-order chi connectivity index (χ1) is 9.79. The number of nitrogens with zero attached hydrogens (tertiary/aromatic N) is 1. The van der Waals surface area contributed by atoms with Crippen LogP contribution in [0.1, 0.15) is 36.9 Å². The summed E-state index contributed by atoms with van der Waals surface area (Å²) in [7, 11) is 0. The maximum Gasteiger partial charge on any atom is 0.416 e. The zero-order chi connectivity index (χ0) is 15.6. The van der Waals surface area contributed by atoms with Gasteiger partial charge in [0.25, 0.3) is 0 Å². The second kappa shape index (κ2) is 6.05. The monoisotopic (exact) mass is 301 g/mol. The molecule has 1 aromatic rings. The molecule has 1 aliphatic heterocycles. The summed E-state index contributed by atoms with van der Waals surface area (Å²) in [6.07, 6.45) is -3.26. The summed E-state index contributed by atoms with van der Waals surface area (Å²) in [5.74, 6) is -1.13. The van der Waals surface area contributed by atoms with Gasteiger partial charge in [0.2, 0.25) is 0 Å². The lowest BCUT2D eigenvalue weighted by atomic mass is 9.94. The number of hydrogen-bond donors (Lipinski definition) is 1. The van der Waals surface area contributed by atoms with Gasteiger partial charge in [-0.2, -0.15) is 13.2 Å². The molecule has 0 bridgehead atoms. The molecule has 1 atom stereocenters. The molecule has 1 aromatic carbocycles. The van der Waals surface area contributed by atoms with E-state index >= 15 is 0 Å². The van der Waals surface area contributed by atoms with E-state index in [0.717, 1.165) is 6.07 Å². The number of alkyl halides is 3. The molecule has 0 amide bonds. The number of rotatable bonds is 3. The van der Waals surface area contributed by atoms with E-state index in [0.29, 0.717) is 31.5 Å². The van der Waals surface area contributed by atoms with Crippen molar-refractivity contribution in [2.75, 3.05) is 13.1 Å². The van der Waals surface area contributed by atoms with Crippen LogP contribution < -0.4 is 0 Å². The molecule has 2 rings (SSSR count). The van der Waals surface area contributed by atoms with Crippen LogP contribution in [0.15, 0.2) is 24.3 Å². The maximum atomic E-state index is 12.7. The van der Waals surface area contributed by atoms with Crippen LogP contribution in [0.2, 0.25) is 0 Å². The largest absolute Gasteiger partial charge is 0.481 e. The zero-order valence-electron chi connectivity index (χ0n) is 11.7. The molecule has 1 aliphatic rings. The Bertz CT molecular complexity index is 508. The van der Waals surface area contributed by atoms with Gasteiger partial charge < -0.3 is 5.11 Å². The fourth-order valence-corrected chi connectivity index (χ4v) is 2.72. The highest BCUT2D eigenvalue weighted by Crippen LogP contribution is 2.33. The second-order valence-electron chi connectivity index (χ2n) is 5.45. The van der Waals surface area contributed by atoms with Crippen LogP contribution in [-0.2, 0) is 11.0 Å². The molecule has 1 saturated heterocycles. The fraction of sp³-hybridized carbons (Fsp3) is 0.533. The van der Waals surface area contributed by atoms with Gasteiger partial charge in [-0.1, -0.05) is 12.1 Å². The zero-order valence-corrected chi connectivity index (χ0v) is 11.7.